The number of carbonyl (C=O) groups is 3. The second-order valence-corrected chi connectivity index (χ2v) is 7.67. The smallest absolute Gasteiger partial charge is 0.348 e. The maximum Gasteiger partial charge on any atom is 0.348 e. The third-order valence-corrected chi connectivity index (χ3v) is 5.68. The molecule has 0 saturated heterocycles. The van der Waals surface area contributed by atoms with Gasteiger partial charge in [-0.1, -0.05) is 12.1 Å². The number of benzene rings is 1. The SMILES string of the molecule is CCOC(=O)c1sc(CC(=O)/C(C#N)=C/c2ccc(OCC)cc2)c(C(=O)OCC)c1C. The van der Waals surface area contributed by atoms with E-state index in [-0.39, 0.29) is 35.6 Å². The first-order valence-electron chi connectivity index (χ1n) is 10.2. The monoisotopic (exact) mass is 455 g/mol. The second kappa shape index (κ2) is 11.8. The number of hydrogen-bond donors (Lipinski definition) is 0. The van der Waals surface area contributed by atoms with E-state index in [2.05, 4.69) is 0 Å². The van der Waals surface area contributed by atoms with Crippen molar-refractivity contribution in [3.8, 4) is 11.8 Å². The molecule has 0 unspecified atom stereocenters. The number of ether oxygens (including phenoxy) is 3. The van der Waals surface area contributed by atoms with Crippen LogP contribution in [0.25, 0.3) is 6.08 Å². The largest absolute Gasteiger partial charge is 0.494 e. The summed E-state index contributed by atoms with van der Waals surface area (Å²) in [6, 6.07) is 8.92. The van der Waals surface area contributed by atoms with Crippen LogP contribution in [-0.4, -0.2) is 37.5 Å². The number of Topliss-reactive ketones (excluding diaryl/α,β-unsaturated/α-hetero) is 1. The summed E-state index contributed by atoms with van der Waals surface area (Å²) in [6.07, 6.45) is 1.27. The minimum Gasteiger partial charge on any atom is -0.494 e. The van der Waals surface area contributed by atoms with Crippen molar-refractivity contribution in [3.63, 3.8) is 0 Å². The summed E-state index contributed by atoms with van der Waals surface area (Å²) in [5.41, 5.74) is 1.18. The number of rotatable bonds is 10. The van der Waals surface area contributed by atoms with Crippen LogP contribution in [0.4, 0.5) is 0 Å². The molecular weight excluding hydrogens is 430 g/mol. The molecular formula is C24H25NO6S. The van der Waals surface area contributed by atoms with Crippen molar-refractivity contribution in [3.05, 3.63) is 56.3 Å². The number of thiophene rings is 1. The fraction of sp³-hybridized carbons (Fsp3) is 0.333. The molecule has 0 atom stereocenters. The van der Waals surface area contributed by atoms with Crippen molar-refractivity contribution >= 4 is 35.1 Å². The Kier molecular flexibility index (Phi) is 9.17. The first-order valence-corrected chi connectivity index (χ1v) is 11.0. The van der Waals surface area contributed by atoms with Gasteiger partial charge in [0.2, 0.25) is 0 Å². The fourth-order valence-corrected chi connectivity index (χ4v) is 4.15. The van der Waals surface area contributed by atoms with Gasteiger partial charge in [0.25, 0.3) is 0 Å². The molecule has 32 heavy (non-hydrogen) atoms. The van der Waals surface area contributed by atoms with Crippen LogP contribution in [0.1, 0.15) is 56.8 Å². The fourth-order valence-electron chi connectivity index (χ4n) is 2.97. The number of nitrogens with zero attached hydrogens (tertiary/aromatic N) is 1. The van der Waals surface area contributed by atoms with E-state index in [1.165, 1.54) is 6.08 Å². The Morgan fingerprint density at radius 2 is 1.62 bits per heavy atom. The molecule has 2 rings (SSSR count). The van der Waals surface area contributed by atoms with E-state index in [0.717, 1.165) is 11.3 Å². The molecule has 0 radical (unpaired) electrons. The molecule has 1 aromatic carbocycles. The Morgan fingerprint density at radius 3 is 2.19 bits per heavy atom. The maximum atomic E-state index is 12.9. The highest BCUT2D eigenvalue weighted by Crippen LogP contribution is 2.31. The molecule has 0 bridgehead atoms. The van der Waals surface area contributed by atoms with Crippen LogP contribution in [0.5, 0.6) is 5.75 Å². The predicted molar refractivity (Wildman–Crippen MR) is 121 cm³/mol. The van der Waals surface area contributed by atoms with Crippen LogP contribution in [0.3, 0.4) is 0 Å². The molecule has 0 fully saturated rings. The Morgan fingerprint density at radius 1 is 1.00 bits per heavy atom. The lowest BCUT2D eigenvalue weighted by atomic mass is 10.0. The van der Waals surface area contributed by atoms with Crippen LogP contribution in [-0.2, 0) is 20.7 Å². The summed E-state index contributed by atoms with van der Waals surface area (Å²) in [7, 11) is 0. The number of carbonyl (C=O) groups excluding carboxylic acids is 3. The van der Waals surface area contributed by atoms with Gasteiger partial charge in [-0.05, 0) is 57.0 Å². The summed E-state index contributed by atoms with van der Waals surface area (Å²) < 4.78 is 15.6. The third-order valence-electron chi connectivity index (χ3n) is 4.40. The molecule has 2 aromatic rings. The minimum absolute atomic E-state index is 0.0623. The Bertz CT molecular complexity index is 1060. The van der Waals surface area contributed by atoms with E-state index in [1.807, 2.05) is 13.0 Å². The van der Waals surface area contributed by atoms with Crippen LogP contribution >= 0.6 is 11.3 Å². The van der Waals surface area contributed by atoms with E-state index in [1.54, 1.807) is 45.0 Å². The van der Waals surface area contributed by atoms with Crippen LogP contribution in [0.2, 0.25) is 0 Å². The Labute approximate surface area is 191 Å². The van der Waals surface area contributed by atoms with Crippen LogP contribution in [0.15, 0.2) is 29.8 Å². The van der Waals surface area contributed by atoms with E-state index in [9.17, 15) is 19.6 Å². The lowest BCUT2D eigenvalue weighted by Crippen LogP contribution is -2.12. The first-order chi connectivity index (χ1) is 15.4. The van der Waals surface area contributed by atoms with Gasteiger partial charge in [-0.15, -0.1) is 11.3 Å². The van der Waals surface area contributed by atoms with Crippen LogP contribution in [0, 0.1) is 18.3 Å². The molecule has 0 N–H and O–H groups in total. The molecule has 0 saturated carbocycles. The van der Waals surface area contributed by atoms with E-state index >= 15 is 0 Å². The summed E-state index contributed by atoms with van der Waals surface area (Å²) >= 11 is 1.01. The minimum atomic E-state index is -0.617. The lowest BCUT2D eigenvalue weighted by molar-refractivity contribution is -0.114. The van der Waals surface area contributed by atoms with Gasteiger partial charge in [-0.2, -0.15) is 5.26 Å². The quantitative estimate of drug-likeness (QED) is 0.295. The standard InChI is InChI=1S/C24H25NO6S/c1-5-29-18-10-8-16(9-11-18)12-17(14-25)19(26)13-20-21(23(27)30-6-2)15(4)22(32-20)24(28)31-7-3/h8-12H,5-7,13H2,1-4H3/b17-12+. The predicted octanol–water partition coefficient (Wildman–Crippen LogP) is 4.53. The van der Waals surface area contributed by atoms with Gasteiger partial charge < -0.3 is 14.2 Å². The van der Waals surface area contributed by atoms with Crippen molar-refractivity contribution in [2.75, 3.05) is 19.8 Å². The first kappa shape index (κ1) is 24.8. The summed E-state index contributed by atoms with van der Waals surface area (Å²) in [4.78, 5) is 38.3. The van der Waals surface area contributed by atoms with Gasteiger partial charge >= 0.3 is 11.9 Å². The van der Waals surface area contributed by atoms with Crippen molar-refractivity contribution in [1.29, 1.82) is 5.26 Å². The topological polar surface area (TPSA) is 103 Å². The molecule has 7 nitrogen and oxygen atoms in total. The number of esters is 2. The van der Waals surface area contributed by atoms with Gasteiger partial charge in [-0.25, -0.2) is 9.59 Å². The van der Waals surface area contributed by atoms with Crippen LogP contribution < -0.4 is 4.74 Å². The summed E-state index contributed by atoms with van der Waals surface area (Å²) in [5.74, 6) is -0.962. The average Bonchev–Trinajstić information content (AvgIpc) is 3.09. The zero-order chi connectivity index (χ0) is 23.7. The zero-order valence-corrected chi connectivity index (χ0v) is 19.3. The Balaban J connectivity index is 2.37. The molecule has 1 heterocycles. The number of ketones is 1. The molecule has 0 spiro atoms. The highest BCUT2D eigenvalue weighted by atomic mass is 32.1. The molecule has 1 aromatic heterocycles. The molecule has 0 amide bonds. The highest BCUT2D eigenvalue weighted by Gasteiger charge is 2.27. The summed E-state index contributed by atoms with van der Waals surface area (Å²) in [6.45, 7) is 7.72. The maximum absolute atomic E-state index is 12.9. The van der Waals surface area contributed by atoms with Crippen molar-refractivity contribution in [2.24, 2.45) is 0 Å². The van der Waals surface area contributed by atoms with Gasteiger partial charge in [0, 0.05) is 11.3 Å². The van der Waals surface area contributed by atoms with Gasteiger partial charge in [0.05, 0.1) is 31.0 Å². The number of allylic oxidation sites excluding steroid dienone is 1. The van der Waals surface area contributed by atoms with E-state index in [4.69, 9.17) is 14.2 Å². The molecule has 168 valence electrons. The van der Waals surface area contributed by atoms with Gasteiger partial charge in [0.1, 0.15) is 16.7 Å². The van der Waals surface area contributed by atoms with Crippen molar-refractivity contribution in [1.82, 2.24) is 0 Å². The van der Waals surface area contributed by atoms with Crippen molar-refractivity contribution < 1.29 is 28.6 Å². The zero-order valence-electron chi connectivity index (χ0n) is 18.5. The lowest BCUT2D eigenvalue weighted by Gasteiger charge is -2.05. The van der Waals surface area contributed by atoms with E-state index in [0.29, 0.717) is 28.4 Å². The van der Waals surface area contributed by atoms with Gasteiger partial charge in [-0.3, -0.25) is 4.79 Å². The average molecular weight is 456 g/mol. The van der Waals surface area contributed by atoms with Crippen molar-refractivity contribution in [2.45, 2.75) is 34.1 Å². The molecule has 0 aliphatic rings. The summed E-state index contributed by atoms with van der Waals surface area (Å²) in [5, 5.41) is 9.53. The van der Waals surface area contributed by atoms with E-state index < -0.39 is 17.7 Å². The number of nitriles is 1. The third kappa shape index (κ3) is 6.05. The highest BCUT2D eigenvalue weighted by molar-refractivity contribution is 7.14. The normalized spacial score (nSPS) is 10.9. The molecule has 0 aliphatic carbocycles. The van der Waals surface area contributed by atoms with Gasteiger partial charge in [0.15, 0.2) is 5.78 Å². The number of hydrogen-bond acceptors (Lipinski definition) is 8. The second-order valence-electron chi connectivity index (χ2n) is 6.57. The molecule has 8 heteroatoms. The molecule has 0 aliphatic heterocycles. The Hall–Kier alpha value is -3.44.